The number of fused-ring (bicyclic) bond motifs is 1. The number of ether oxygens (including phenoxy) is 2. The minimum absolute atomic E-state index is 0.0144. The molecule has 19 heavy (non-hydrogen) atoms. The quantitative estimate of drug-likeness (QED) is 0.716. The van der Waals surface area contributed by atoms with Crippen LogP contribution in [0.3, 0.4) is 0 Å². The third-order valence-corrected chi connectivity index (χ3v) is 3.50. The van der Waals surface area contributed by atoms with Gasteiger partial charge in [-0.2, -0.15) is 0 Å². The van der Waals surface area contributed by atoms with E-state index < -0.39 is 0 Å². The van der Waals surface area contributed by atoms with E-state index in [1.54, 1.807) is 6.07 Å². The topological polar surface area (TPSA) is 76.8 Å². The lowest BCUT2D eigenvalue weighted by Crippen LogP contribution is -2.54. The van der Waals surface area contributed by atoms with Crippen molar-refractivity contribution in [3.05, 3.63) is 12.1 Å². The summed E-state index contributed by atoms with van der Waals surface area (Å²) in [5.74, 6) is 1.37. The van der Waals surface area contributed by atoms with Gasteiger partial charge in [0.15, 0.2) is 11.5 Å². The fourth-order valence-corrected chi connectivity index (χ4v) is 2.45. The summed E-state index contributed by atoms with van der Waals surface area (Å²) in [5.41, 5.74) is 7.50. The summed E-state index contributed by atoms with van der Waals surface area (Å²) in [5, 5.41) is 2.84. The van der Waals surface area contributed by atoms with Crippen LogP contribution in [0.5, 0.6) is 11.5 Å². The minimum atomic E-state index is -0.237. The number of hydrogen-bond donors (Lipinski definition) is 2. The van der Waals surface area contributed by atoms with Crippen LogP contribution >= 0.6 is 0 Å². The van der Waals surface area contributed by atoms with Crippen LogP contribution in [-0.4, -0.2) is 38.3 Å². The number of nitrogen functional groups attached to an aromatic ring is 1. The molecule has 2 aliphatic heterocycles. The lowest BCUT2D eigenvalue weighted by molar-refractivity contribution is -0.122. The highest BCUT2D eigenvalue weighted by Crippen LogP contribution is 2.39. The van der Waals surface area contributed by atoms with E-state index in [1.165, 1.54) is 0 Å². The molecule has 2 heterocycles. The lowest BCUT2D eigenvalue weighted by atomic mass is 10.1. The molecule has 102 valence electrons. The monoisotopic (exact) mass is 263 g/mol. The summed E-state index contributed by atoms with van der Waals surface area (Å²) < 4.78 is 11.1. The molecule has 3 N–H and O–H groups in total. The number of carbonyl (C=O) groups is 1. The second-order valence-electron chi connectivity index (χ2n) is 4.72. The van der Waals surface area contributed by atoms with Crippen molar-refractivity contribution in [3.8, 4) is 11.5 Å². The summed E-state index contributed by atoms with van der Waals surface area (Å²) in [6, 6.07) is 3.39. The normalized spacial score (nSPS) is 22.1. The number of nitrogens with one attached hydrogen (secondary N) is 1. The van der Waals surface area contributed by atoms with Crippen LogP contribution in [0.25, 0.3) is 0 Å². The van der Waals surface area contributed by atoms with Gasteiger partial charge >= 0.3 is 0 Å². The lowest BCUT2D eigenvalue weighted by Gasteiger charge is -2.36. The Kier molecular flexibility index (Phi) is 2.85. The third kappa shape index (κ3) is 2.03. The number of amides is 1. The van der Waals surface area contributed by atoms with Gasteiger partial charge in [0.25, 0.3) is 0 Å². The van der Waals surface area contributed by atoms with Gasteiger partial charge in [-0.15, -0.1) is 0 Å². The van der Waals surface area contributed by atoms with Gasteiger partial charge in [-0.05, 0) is 6.92 Å². The first kappa shape index (κ1) is 12.0. The van der Waals surface area contributed by atoms with Crippen molar-refractivity contribution in [2.75, 3.05) is 36.9 Å². The fraction of sp³-hybridized carbons (Fsp3) is 0.462. The zero-order chi connectivity index (χ0) is 13.4. The van der Waals surface area contributed by atoms with E-state index in [-0.39, 0.29) is 11.9 Å². The predicted octanol–water partition coefficient (Wildman–Crippen LogP) is 0.365. The van der Waals surface area contributed by atoms with Crippen LogP contribution in [0.1, 0.15) is 6.92 Å². The largest absolute Gasteiger partial charge is 0.486 e. The molecule has 0 saturated carbocycles. The van der Waals surface area contributed by atoms with Gasteiger partial charge in [-0.1, -0.05) is 0 Å². The van der Waals surface area contributed by atoms with Gasteiger partial charge < -0.3 is 25.4 Å². The minimum Gasteiger partial charge on any atom is -0.486 e. The summed E-state index contributed by atoms with van der Waals surface area (Å²) >= 11 is 0. The molecular formula is C13H17N3O3. The van der Waals surface area contributed by atoms with E-state index in [0.29, 0.717) is 36.9 Å². The molecule has 1 unspecified atom stereocenters. The Labute approximate surface area is 111 Å². The van der Waals surface area contributed by atoms with Crippen molar-refractivity contribution in [1.29, 1.82) is 0 Å². The van der Waals surface area contributed by atoms with E-state index in [9.17, 15) is 4.79 Å². The predicted molar refractivity (Wildman–Crippen MR) is 71.7 cm³/mol. The number of carbonyl (C=O) groups excluding carboxylic acids is 1. The Morgan fingerprint density at radius 2 is 2.00 bits per heavy atom. The van der Waals surface area contributed by atoms with Gasteiger partial charge in [0.05, 0.1) is 11.4 Å². The maximum Gasteiger partial charge on any atom is 0.242 e. The Morgan fingerprint density at radius 1 is 1.32 bits per heavy atom. The van der Waals surface area contributed by atoms with Gasteiger partial charge in [0.1, 0.15) is 19.3 Å². The summed E-state index contributed by atoms with van der Waals surface area (Å²) in [6.45, 7) is 4.29. The molecule has 0 aliphatic carbocycles. The molecule has 1 saturated heterocycles. The Hall–Kier alpha value is -2.11. The van der Waals surface area contributed by atoms with Crippen molar-refractivity contribution < 1.29 is 14.3 Å². The molecule has 0 aromatic heterocycles. The number of rotatable bonds is 1. The van der Waals surface area contributed by atoms with Crippen molar-refractivity contribution in [2.24, 2.45) is 0 Å². The second kappa shape index (κ2) is 4.53. The van der Waals surface area contributed by atoms with Crippen molar-refractivity contribution >= 4 is 17.3 Å². The molecule has 6 nitrogen and oxygen atoms in total. The fourth-order valence-electron chi connectivity index (χ4n) is 2.45. The summed E-state index contributed by atoms with van der Waals surface area (Å²) in [7, 11) is 0. The third-order valence-electron chi connectivity index (χ3n) is 3.50. The SMILES string of the molecule is CC1C(=O)NCCN1c1cc2c(cc1N)OCCO2. The van der Waals surface area contributed by atoms with E-state index in [2.05, 4.69) is 5.32 Å². The Balaban J connectivity index is 1.97. The molecule has 2 aliphatic rings. The number of hydrogen-bond acceptors (Lipinski definition) is 5. The van der Waals surface area contributed by atoms with Crippen LogP contribution in [0.4, 0.5) is 11.4 Å². The Morgan fingerprint density at radius 3 is 2.74 bits per heavy atom. The van der Waals surface area contributed by atoms with Gasteiger partial charge in [-0.3, -0.25) is 4.79 Å². The first-order valence-corrected chi connectivity index (χ1v) is 6.40. The van der Waals surface area contributed by atoms with Gasteiger partial charge in [-0.25, -0.2) is 0 Å². The highest BCUT2D eigenvalue weighted by molar-refractivity contribution is 5.88. The molecule has 6 heteroatoms. The van der Waals surface area contributed by atoms with E-state index >= 15 is 0 Å². The first-order valence-electron chi connectivity index (χ1n) is 6.40. The summed E-state index contributed by atoms with van der Waals surface area (Å²) in [6.07, 6.45) is 0. The molecule has 1 aromatic carbocycles. The Bertz CT molecular complexity index is 518. The van der Waals surface area contributed by atoms with Crippen LogP contribution in [0, 0.1) is 0 Å². The highest BCUT2D eigenvalue weighted by atomic mass is 16.6. The molecular weight excluding hydrogens is 246 g/mol. The van der Waals surface area contributed by atoms with Crippen LogP contribution in [0.2, 0.25) is 0 Å². The van der Waals surface area contributed by atoms with Crippen LogP contribution in [0.15, 0.2) is 12.1 Å². The van der Waals surface area contributed by atoms with Gasteiger partial charge in [0, 0.05) is 25.2 Å². The van der Waals surface area contributed by atoms with Crippen molar-refractivity contribution in [3.63, 3.8) is 0 Å². The molecule has 1 aromatic rings. The van der Waals surface area contributed by atoms with E-state index in [1.807, 2.05) is 17.9 Å². The zero-order valence-electron chi connectivity index (χ0n) is 10.8. The molecule has 3 rings (SSSR count). The average Bonchev–Trinajstić information content (AvgIpc) is 2.41. The number of piperazine rings is 1. The van der Waals surface area contributed by atoms with Crippen molar-refractivity contribution in [2.45, 2.75) is 13.0 Å². The summed E-state index contributed by atoms with van der Waals surface area (Å²) in [4.78, 5) is 13.7. The number of anilines is 2. The molecule has 1 fully saturated rings. The van der Waals surface area contributed by atoms with E-state index in [0.717, 1.165) is 12.2 Å². The number of nitrogens with zero attached hydrogens (tertiary/aromatic N) is 1. The maximum atomic E-state index is 11.7. The first-order chi connectivity index (χ1) is 9.16. The maximum absolute atomic E-state index is 11.7. The molecule has 0 spiro atoms. The van der Waals surface area contributed by atoms with Gasteiger partial charge in [0.2, 0.25) is 5.91 Å². The van der Waals surface area contributed by atoms with E-state index in [4.69, 9.17) is 15.2 Å². The molecule has 0 radical (unpaired) electrons. The number of nitrogens with two attached hydrogens (primary N) is 1. The highest BCUT2D eigenvalue weighted by Gasteiger charge is 2.28. The average molecular weight is 263 g/mol. The number of benzene rings is 1. The zero-order valence-corrected chi connectivity index (χ0v) is 10.8. The van der Waals surface area contributed by atoms with Crippen molar-refractivity contribution in [1.82, 2.24) is 5.32 Å². The smallest absolute Gasteiger partial charge is 0.242 e. The standard InChI is InChI=1S/C13H17N3O3/c1-8-13(17)15-2-3-16(8)10-7-12-11(6-9(10)14)18-4-5-19-12/h6-8H,2-5,14H2,1H3,(H,15,17). The van der Waals surface area contributed by atoms with Crippen LogP contribution in [-0.2, 0) is 4.79 Å². The molecule has 1 amide bonds. The molecule has 1 atom stereocenters. The second-order valence-corrected chi connectivity index (χ2v) is 4.72. The molecule has 0 bridgehead atoms. The van der Waals surface area contributed by atoms with Crippen LogP contribution < -0.4 is 25.4 Å².